The summed E-state index contributed by atoms with van der Waals surface area (Å²) in [7, 11) is 0. The molecule has 0 fully saturated rings. The minimum Gasteiger partial charge on any atom is -0.337 e. The Labute approximate surface area is 156 Å². The first kappa shape index (κ1) is 14.4. The van der Waals surface area contributed by atoms with Gasteiger partial charge in [0, 0.05) is 27.4 Å². The van der Waals surface area contributed by atoms with E-state index < -0.39 is 0 Å². The molecule has 0 saturated heterocycles. The van der Waals surface area contributed by atoms with Crippen LogP contribution >= 0.6 is 0 Å². The Kier molecular flexibility index (Phi) is 2.88. The fourth-order valence-electron chi connectivity index (χ4n) is 3.98. The predicted octanol–water partition coefficient (Wildman–Crippen LogP) is 6.17. The van der Waals surface area contributed by atoms with Crippen LogP contribution in [0.3, 0.4) is 0 Å². The number of anilines is 1. The second kappa shape index (κ2) is 5.39. The Hall–Kier alpha value is -3.72. The summed E-state index contributed by atoms with van der Waals surface area (Å²) in [5, 5.41) is 7.73. The van der Waals surface area contributed by atoms with E-state index in [9.17, 15) is 0 Å². The maximum Gasteiger partial charge on any atom is 0.174 e. The predicted molar refractivity (Wildman–Crippen MR) is 113 cm³/mol. The molecule has 1 aliphatic heterocycles. The normalized spacial score (nSPS) is 12.6. The number of para-hydroxylation sites is 1. The molecule has 1 aromatic heterocycles. The lowest BCUT2D eigenvalue weighted by atomic mass is 9.94. The molecule has 1 N–H and O–H groups in total. The lowest BCUT2D eigenvalue weighted by Gasteiger charge is -2.17. The van der Waals surface area contributed by atoms with Gasteiger partial charge in [0.25, 0.3) is 0 Å². The summed E-state index contributed by atoms with van der Waals surface area (Å²) in [6, 6.07) is 27.3. The monoisotopic (exact) mass is 344 g/mol. The number of fused-ring (bicyclic) bond motifs is 2. The van der Waals surface area contributed by atoms with Crippen LogP contribution in [-0.4, -0.2) is 11.3 Å². The van der Waals surface area contributed by atoms with Crippen LogP contribution in [0, 0.1) is 0 Å². The molecule has 2 heterocycles. The number of rotatable bonds is 1. The third-order valence-corrected chi connectivity index (χ3v) is 5.23. The molecule has 0 saturated carbocycles. The number of nitrogens with one attached hydrogen (secondary N) is 1. The molecule has 0 aliphatic carbocycles. The van der Waals surface area contributed by atoms with Crippen LogP contribution in [0.5, 0.6) is 0 Å². The van der Waals surface area contributed by atoms with Crippen LogP contribution in [0.4, 0.5) is 11.4 Å². The van der Waals surface area contributed by atoms with Gasteiger partial charge < -0.3 is 5.32 Å². The van der Waals surface area contributed by atoms with Gasteiger partial charge in [-0.3, -0.25) is 0 Å². The number of benzene rings is 4. The zero-order chi connectivity index (χ0) is 17.8. The summed E-state index contributed by atoms with van der Waals surface area (Å²) in [5.74, 6) is 0. The van der Waals surface area contributed by atoms with E-state index in [1.54, 1.807) is 0 Å². The molecular formula is C24H14N3. The highest BCUT2D eigenvalue weighted by atomic mass is 15.0. The third-order valence-electron chi connectivity index (χ3n) is 5.23. The highest BCUT2D eigenvalue weighted by molar-refractivity contribution is 6.14. The van der Waals surface area contributed by atoms with Crippen molar-refractivity contribution in [3.63, 3.8) is 0 Å². The summed E-state index contributed by atoms with van der Waals surface area (Å²) in [6.45, 7) is 0. The van der Waals surface area contributed by atoms with Crippen molar-refractivity contribution in [1.29, 1.82) is 0 Å². The lowest BCUT2D eigenvalue weighted by molar-refractivity contribution is 1.49. The molecule has 0 atom stereocenters. The van der Waals surface area contributed by atoms with E-state index in [1.807, 2.05) is 6.07 Å². The van der Waals surface area contributed by atoms with Crippen molar-refractivity contribution >= 4 is 50.3 Å². The number of hydrogen-bond donors (Lipinski definition) is 1. The van der Waals surface area contributed by atoms with Crippen molar-refractivity contribution in [2.45, 2.75) is 0 Å². The average molecular weight is 344 g/mol. The molecule has 0 unspecified atom stereocenters. The van der Waals surface area contributed by atoms with Crippen molar-refractivity contribution in [3.8, 4) is 11.1 Å². The highest BCUT2D eigenvalue weighted by Gasteiger charge is 2.16. The first-order valence-corrected chi connectivity index (χ1v) is 8.95. The molecule has 1 aliphatic rings. The van der Waals surface area contributed by atoms with Crippen LogP contribution < -0.4 is 5.32 Å². The summed E-state index contributed by atoms with van der Waals surface area (Å²) in [6.07, 6.45) is 2.95. The molecule has 1 radical (unpaired) electrons. The topological polar surface area (TPSA) is 37.3 Å². The standard InChI is InChI=1S/C24H14N3/c1-2-8-20-16(5-1)13-19-17(7-4-9-21(19)27-20)18-12-11-15-6-3-10-22-23(15)24(18)26-14-25-22/h1-13H,(H,25,26). The zero-order valence-electron chi connectivity index (χ0n) is 14.4. The Morgan fingerprint density at radius 3 is 2.56 bits per heavy atom. The van der Waals surface area contributed by atoms with Crippen molar-refractivity contribution in [1.82, 2.24) is 4.98 Å². The minimum atomic E-state index is 0.961. The molecule has 6 rings (SSSR count). The zero-order valence-corrected chi connectivity index (χ0v) is 14.4. The molecule has 3 heteroatoms. The van der Waals surface area contributed by atoms with Crippen molar-refractivity contribution in [2.24, 2.45) is 4.99 Å². The van der Waals surface area contributed by atoms with E-state index in [-0.39, 0.29) is 0 Å². The minimum absolute atomic E-state index is 0.961. The first-order valence-electron chi connectivity index (χ1n) is 8.95. The Bertz CT molecular complexity index is 1400. The molecule has 0 bridgehead atoms. The molecule has 27 heavy (non-hydrogen) atoms. The van der Waals surface area contributed by atoms with Crippen LogP contribution in [0.25, 0.3) is 43.7 Å². The Morgan fingerprint density at radius 2 is 1.56 bits per heavy atom. The van der Waals surface area contributed by atoms with Crippen LogP contribution in [0.2, 0.25) is 0 Å². The number of pyridine rings is 1. The van der Waals surface area contributed by atoms with Crippen LogP contribution in [-0.2, 0) is 0 Å². The van der Waals surface area contributed by atoms with Gasteiger partial charge in [0.2, 0.25) is 0 Å². The summed E-state index contributed by atoms with van der Waals surface area (Å²) < 4.78 is 0. The Morgan fingerprint density at radius 1 is 0.704 bits per heavy atom. The molecule has 5 aromatic rings. The molecule has 3 nitrogen and oxygen atoms in total. The SMILES string of the molecule is [C]1=Nc2c(-c3cccc4nc5ccccc5cc34)ccc3cccc(c23)N1. The number of aliphatic imine (C=N–C) groups is 1. The first-order chi connectivity index (χ1) is 13.4. The van der Waals surface area contributed by atoms with Crippen molar-refractivity contribution < 1.29 is 0 Å². The van der Waals surface area contributed by atoms with Gasteiger partial charge >= 0.3 is 0 Å². The van der Waals surface area contributed by atoms with Gasteiger partial charge in [-0.15, -0.1) is 0 Å². The quantitative estimate of drug-likeness (QED) is 0.369. The molecular weight excluding hydrogens is 330 g/mol. The van der Waals surface area contributed by atoms with Gasteiger partial charge in [0.1, 0.15) is 0 Å². The van der Waals surface area contributed by atoms with Gasteiger partial charge in [-0.1, -0.05) is 54.6 Å². The smallest absolute Gasteiger partial charge is 0.174 e. The molecule has 125 valence electrons. The van der Waals surface area contributed by atoms with Crippen LogP contribution in [0.15, 0.2) is 83.9 Å². The van der Waals surface area contributed by atoms with E-state index in [4.69, 9.17) is 4.98 Å². The maximum atomic E-state index is 4.85. The van der Waals surface area contributed by atoms with Gasteiger partial charge in [-0.25, -0.2) is 9.98 Å². The number of hydrogen-bond acceptors (Lipinski definition) is 3. The van der Waals surface area contributed by atoms with Gasteiger partial charge in [0.05, 0.1) is 16.7 Å². The van der Waals surface area contributed by atoms with Crippen molar-refractivity contribution in [3.05, 3.63) is 78.9 Å². The van der Waals surface area contributed by atoms with E-state index in [0.717, 1.165) is 49.7 Å². The average Bonchev–Trinajstić information content (AvgIpc) is 2.73. The van der Waals surface area contributed by atoms with Crippen molar-refractivity contribution in [2.75, 3.05) is 5.32 Å². The van der Waals surface area contributed by atoms with E-state index in [0.29, 0.717) is 0 Å². The molecule has 0 spiro atoms. The molecule has 4 aromatic carbocycles. The van der Waals surface area contributed by atoms with Crippen LogP contribution in [0.1, 0.15) is 0 Å². The summed E-state index contributed by atoms with van der Waals surface area (Å²) >= 11 is 0. The largest absolute Gasteiger partial charge is 0.337 e. The lowest BCUT2D eigenvalue weighted by Crippen LogP contribution is -2.00. The fourth-order valence-corrected chi connectivity index (χ4v) is 3.98. The number of aromatic nitrogens is 1. The van der Waals surface area contributed by atoms with E-state index >= 15 is 0 Å². The fraction of sp³-hybridized carbons (Fsp3) is 0. The maximum absolute atomic E-state index is 4.85. The van der Waals surface area contributed by atoms with Gasteiger partial charge in [0.15, 0.2) is 6.34 Å². The van der Waals surface area contributed by atoms with Gasteiger partial charge in [-0.2, -0.15) is 0 Å². The second-order valence-corrected chi connectivity index (χ2v) is 6.77. The highest BCUT2D eigenvalue weighted by Crippen LogP contribution is 2.43. The van der Waals surface area contributed by atoms with Gasteiger partial charge in [-0.05, 0) is 35.2 Å². The van der Waals surface area contributed by atoms with E-state index in [1.165, 1.54) is 5.39 Å². The van der Waals surface area contributed by atoms with E-state index in [2.05, 4.69) is 89.4 Å². The second-order valence-electron chi connectivity index (χ2n) is 6.77. The number of nitrogens with zero attached hydrogens (tertiary/aromatic N) is 2. The third kappa shape index (κ3) is 2.09. The Balaban J connectivity index is 1.73. The summed E-state index contributed by atoms with van der Waals surface area (Å²) in [4.78, 5) is 9.43. The molecule has 0 amide bonds. The summed E-state index contributed by atoms with van der Waals surface area (Å²) in [5.41, 5.74) is 6.26.